The Labute approximate surface area is 180 Å². The van der Waals surface area contributed by atoms with Crippen LogP contribution in [0.2, 0.25) is 0 Å². The SMILES string of the molecule is Cc1ccc(N2CCCN(Cc3ccc(C(C)C)cc3)C2=O)c(NC(=O)C(C)C)c1. The molecule has 0 aromatic heterocycles. The van der Waals surface area contributed by atoms with Crippen molar-refractivity contribution in [3.63, 3.8) is 0 Å². The second-order valence-corrected chi connectivity index (χ2v) is 8.77. The van der Waals surface area contributed by atoms with E-state index in [2.05, 4.69) is 43.4 Å². The Morgan fingerprint density at radius 1 is 1.03 bits per heavy atom. The summed E-state index contributed by atoms with van der Waals surface area (Å²) >= 11 is 0. The number of hydrogen-bond donors (Lipinski definition) is 1. The molecule has 160 valence electrons. The van der Waals surface area contributed by atoms with Crippen LogP contribution >= 0.6 is 0 Å². The minimum absolute atomic E-state index is 0.0157. The zero-order valence-corrected chi connectivity index (χ0v) is 18.7. The highest BCUT2D eigenvalue weighted by Gasteiger charge is 2.28. The van der Waals surface area contributed by atoms with Gasteiger partial charge in [-0.15, -0.1) is 0 Å². The molecule has 0 saturated carbocycles. The molecule has 1 aliphatic heterocycles. The first-order chi connectivity index (χ1) is 14.3. The monoisotopic (exact) mass is 407 g/mol. The summed E-state index contributed by atoms with van der Waals surface area (Å²) in [6.45, 7) is 12.0. The lowest BCUT2D eigenvalue weighted by molar-refractivity contribution is -0.118. The molecule has 1 fully saturated rings. The van der Waals surface area contributed by atoms with Crippen molar-refractivity contribution in [3.8, 4) is 0 Å². The van der Waals surface area contributed by atoms with Gasteiger partial charge in [0.15, 0.2) is 0 Å². The maximum absolute atomic E-state index is 13.3. The van der Waals surface area contributed by atoms with Crippen molar-refractivity contribution < 1.29 is 9.59 Å². The molecule has 0 atom stereocenters. The Hall–Kier alpha value is -2.82. The standard InChI is InChI=1S/C25H33N3O2/c1-17(2)21-10-8-20(9-11-21)16-27-13-6-14-28(25(27)30)23-12-7-19(5)15-22(23)26-24(29)18(3)4/h7-12,15,17-18H,6,13-14,16H2,1-5H3,(H,26,29). The van der Waals surface area contributed by atoms with E-state index in [0.29, 0.717) is 24.7 Å². The third kappa shape index (κ3) is 5.02. The van der Waals surface area contributed by atoms with Gasteiger partial charge in [-0.05, 0) is 48.1 Å². The molecule has 0 unspecified atom stereocenters. The number of carbonyl (C=O) groups is 2. The number of anilines is 2. The molecule has 3 rings (SSSR count). The highest BCUT2D eigenvalue weighted by molar-refractivity contribution is 6.01. The zero-order valence-electron chi connectivity index (χ0n) is 18.7. The summed E-state index contributed by atoms with van der Waals surface area (Å²) in [6.07, 6.45) is 0.890. The Morgan fingerprint density at radius 3 is 2.37 bits per heavy atom. The number of carbonyl (C=O) groups excluding carboxylic acids is 2. The minimum Gasteiger partial charge on any atom is -0.324 e. The zero-order chi connectivity index (χ0) is 21.8. The minimum atomic E-state index is -0.124. The van der Waals surface area contributed by atoms with Gasteiger partial charge in [0.2, 0.25) is 5.91 Å². The summed E-state index contributed by atoms with van der Waals surface area (Å²) in [5.41, 5.74) is 4.94. The third-order valence-corrected chi connectivity index (χ3v) is 5.56. The Balaban J connectivity index is 1.80. The van der Waals surface area contributed by atoms with Crippen molar-refractivity contribution in [2.24, 2.45) is 5.92 Å². The molecule has 0 spiro atoms. The molecular formula is C25H33N3O2. The van der Waals surface area contributed by atoms with Crippen LogP contribution in [0.25, 0.3) is 0 Å². The molecule has 3 amide bonds. The Morgan fingerprint density at radius 2 is 1.73 bits per heavy atom. The van der Waals surface area contributed by atoms with E-state index >= 15 is 0 Å². The third-order valence-electron chi connectivity index (χ3n) is 5.56. The van der Waals surface area contributed by atoms with Crippen molar-refractivity contribution in [1.82, 2.24) is 4.90 Å². The molecule has 1 heterocycles. The number of urea groups is 1. The van der Waals surface area contributed by atoms with Crippen LogP contribution in [0.1, 0.15) is 56.7 Å². The fourth-order valence-corrected chi connectivity index (χ4v) is 3.64. The van der Waals surface area contributed by atoms with E-state index in [-0.39, 0.29) is 17.9 Å². The predicted molar refractivity (Wildman–Crippen MR) is 123 cm³/mol. The van der Waals surface area contributed by atoms with Crippen LogP contribution in [0.4, 0.5) is 16.2 Å². The van der Waals surface area contributed by atoms with E-state index < -0.39 is 0 Å². The van der Waals surface area contributed by atoms with Crippen LogP contribution in [0, 0.1) is 12.8 Å². The van der Waals surface area contributed by atoms with Gasteiger partial charge in [0.1, 0.15) is 0 Å². The van der Waals surface area contributed by atoms with E-state index in [0.717, 1.165) is 29.8 Å². The predicted octanol–water partition coefficient (Wildman–Crippen LogP) is 5.55. The van der Waals surface area contributed by atoms with Gasteiger partial charge in [0.25, 0.3) is 0 Å². The number of rotatable bonds is 6. The number of hydrogen-bond acceptors (Lipinski definition) is 2. The van der Waals surface area contributed by atoms with Gasteiger partial charge >= 0.3 is 6.03 Å². The van der Waals surface area contributed by atoms with Gasteiger partial charge in [-0.2, -0.15) is 0 Å². The molecule has 5 nitrogen and oxygen atoms in total. The highest BCUT2D eigenvalue weighted by atomic mass is 16.2. The summed E-state index contributed by atoms with van der Waals surface area (Å²) in [5, 5.41) is 3.00. The lowest BCUT2D eigenvalue weighted by Crippen LogP contribution is -2.49. The van der Waals surface area contributed by atoms with E-state index in [4.69, 9.17) is 0 Å². The fourth-order valence-electron chi connectivity index (χ4n) is 3.64. The molecule has 1 saturated heterocycles. The van der Waals surface area contributed by atoms with E-state index in [1.807, 2.05) is 43.9 Å². The topological polar surface area (TPSA) is 52.6 Å². The van der Waals surface area contributed by atoms with Crippen molar-refractivity contribution in [2.45, 2.75) is 53.5 Å². The number of amides is 3. The van der Waals surface area contributed by atoms with Gasteiger partial charge in [0, 0.05) is 25.6 Å². The first-order valence-electron chi connectivity index (χ1n) is 10.8. The molecule has 0 aliphatic carbocycles. The quantitative estimate of drug-likeness (QED) is 0.683. The van der Waals surface area contributed by atoms with Crippen molar-refractivity contribution in [3.05, 3.63) is 59.2 Å². The Bertz CT molecular complexity index is 903. The smallest absolute Gasteiger partial charge is 0.324 e. The first-order valence-corrected chi connectivity index (χ1v) is 10.8. The molecule has 2 aromatic carbocycles. The maximum atomic E-state index is 13.3. The molecule has 1 aliphatic rings. The second-order valence-electron chi connectivity index (χ2n) is 8.77. The molecule has 0 bridgehead atoms. The van der Waals surface area contributed by atoms with Gasteiger partial charge < -0.3 is 10.2 Å². The fraction of sp³-hybridized carbons (Fsp3) is 0.440. The average molecular weight is 408 g/mol. The van der Waals surface area contributed by atoms with Crippen molar-refractivity contribution >= 4 is 23.3 Å². The number of nitrogens with one attached hydrogen (secondary N) is 1. The average Bonchev–Trinajstić information content (AvgIpc) is 2.70. The lowest BCUT2D eigenvalue weighted by Gasteiger charge is -2.36. The summed E-state index contributed by atoms with van der Waals surface area (Å²) < 4.78 is 0. The molecule has 0 radical (unpaired) electrons. The maximum Gasteiger partial charge on any atom is 0.324 e. The normalized spacial score (nSPS) is 14.6. The van der Waals surface area contributed by atoms with Crippen LogP contribution in [0.5, 0.6) is 0 Å². The number of benzene rings is 2. The second kappa shape index (κ2) is 9.33. The first kappa shape index (κ1) is 21.9. The highest BCUT2D eigenvalue weighted by Crippen LogP contribution is 2.31. The Kier molecular flexibility index (Phi) is 6.80. The van der Waals surface area contributed by atoms with Crippen LogP contribution in [0.3, 0.4) is 0 Å². The summed E-state index contributed by atoms with van der Waals surface area (Å²) in [6, 6.07) is 14.4. The van der Waals surface area contributed by atoms with Crippen LogP contribution in [0.15, 0.2) is 42.5 Å². The summed E-state index contributed by atoms with van der Waals surface area (Å²) in [5.74, 6) is 0.321. The van der Waals surface area contributed by atoms with Crippen LogP contribution in [-0.4, -0.2) is 29.9 Å². The molecule has 1 N–H and O–H groups in total. The number of nitrogens with zero attached hydrogens (tertiary/aromatic N) is 2. The van der Waals surface area contributed by atoms with Gasteiger partial charge in [0.05, 0.1) is 11.4 Å². The molecular weight excluding hydrogens is 374 g/mol. The van der Waals surface area contributed by atoms with Gasteiger partial charge in [-0.1, -0.05) is 58.0 Å². The van der Waals surface area contributed by atoms with Crippen molar-refractivity contribution in [2.75, 3.05) is 23.3 Å². The lowest BCUT2D eigenvalue weighted by atomic mass is 10.0. The van der Waals surface area contributed by atoms with Gasteiger partial charge in [-0.3, -0.25) is 9.69 Å². The molecule has 5 heteroatoms. The molecule has 30 heavy (non-hydrogen) atoms. The number of aryl methyl sites for hydroxylation is 1. The van der Waals surface area contributed by atoms with E-state index in [1.54, 1.807) is 4.90 Å². The van der Waals surface area contributed by atoms with Crippen LogP contribution < -0.4 is 10.2 Å². The van der Waals surface area contributed by atoms with Gasteiger partial charge in [-0.25, -0.2) is 4.79 Å². The molecule has 2 aromatic rings. The van der Waals surface area contributed by atoms with E-state index in [9.17, 15) is 9.59 Å². The summed E-state index contributed by atoms with van der Waals surface area (Å²) in [7, 11) is 0. The van der Waals surface area contributed by atoms with Crippen LogP contribution in [-0.2, 0) is 11.3 Å². The largest absolute Gasteiger partial charge is 0.324 e. The van der Waals surface area contributed by atoms with E-state index in [1.165, 1.54) is 5.56 Å². The van der Waals surface area contributed by atoms with Crippen molar-refractivity contribution in [1.29, 1.82) is 0 Å². The summed E-state index contributed by atoms with van der Waals surface area (Å²) in [4.78, 5) is 29.3.